The Balaban J connectivity index is 2.32. The fraction of sp³-hybridized carbons (Fsp3) is 0.0714. The predicted octanol–water partition coefficient (Wildman–Crippen LogP) is 1.85. The van der Waals surface area contributed by atoms with Crippen molar-refractivity contribution in [3.63, 3.8) is 0 Å². The molecule has 0 fully saturated rings. The Morgan fingerprint density at radius 3 is 2.95 bits per heavy atom. The monoisotopic (exact) mass is 267 g/mol. The van der Waals surface area contributed by atoms with Crippen LogP contribution in [0, 0.1) is 18.2 Å². The van der Waals surface area contributed by atoms with E-state index in [0.717, 1.165) is 0 Å². The molecule has 0 aliphatic carbocycles. The summed E-state index contributed by atoms with van der Waals surface area (Å²) in [6, 6.07) is 6.11. The van der Waals surface area contributed by atoms with Crippen LogP contribution in [-0.2, 0) is 6.54 Å². The summed E-state index contributed by atoms with van der Waals surface area (Å²) in [7, 11) is 0. The molecule has 0 saturated heterocycles. The first-order valence-electron chi connectivity index (χ1n) is 5.87. The number of nitrogen functional groups attached to an aromatic ring is 1. The zero-order chi connectivity index (χ0) is 14.1. The van der Waals surface area contributed by atoms with Crippen LogP contribution >= 0.6 is 0 Å². The van der Waals surface area contributed by atoms with E-state index in [4.69, 9.17) is 12.2 Å². The number of aromatic nitrogens is 4. The molecule has 2 heterocycles. The van der Waals surface area contributed by atoms with Crippen LogP contribution in [0.15, 0.2) is 30.6 Å². The summed E-state index contributed by atoms with van der Waals surface area (Å²) < 4.78 is 15.1. The van der Waals surface area contributed by atoms with Gasteiger partial charge in [-0.15, -0.1) is 6.42 Å². The molecule has 3 rings (SSSR count). The topological polar surface area (TPSA) is 69.6 Å². The fourth-order valence-corrected chi connectivity index (χ4v) is 2.04. The zero-order valence-electron chi connectivity index (χ0n) is 10.4. The van der Waals surface area contributed by atoms with Crippen molar-refractivity contribution in [1.82, 2.24) is 19.5 Å². The van der Waals surface area contributed by atoms with Gasteiger partial charge in [-0.05, 0) is 12.1 Å². The second kappa shape index (κ2) is 4.63. The highest BCUT2D eigenvalue weighted by atomic mass is 19.1. The average molecular weight is 267 g/mol. The van der Waals surface area contributed by atoms with Crippen molar-refractivity contribution in [2.75, 3.05) is 5.73 Å². The predicted molar refractivity (Wildman–Crippen MR) is 74.0 cm³/mol. The van der Waals surface area contributed by atoms with Gasteiger partial charge in [0.05, 0.1) is 6.54 Å². The minimum atomic E-state index is -0.346. The molecule has 0 saturated carbocycles. The van der Waals surface area contributed by atoms with Crippen molar-refractivity contribution in [3.8, 4) is 23.7 Å². The summed E-state index contributed by atoms with van der Waals surface area (Å²) in [6.07, 6.45) is 6.73. The molecule has 0 unspecified atom stereocenters. The third-order valence-corrected chi connectivity index (χ3v) is 2.89. The smallest absolute Gasteiger partial charge is 0.166 e. The van der Waals surface area contributed by atoms with Crippen LogP contribution in [0.2, 0.25) is 0 Å². The number of benzene rings is 1. The van der Waals surface area contributed by atoms with Crippen molar-refractivity contribution in [3.05, 3.63) is 36.4 Å². The zero-order valence-corrected chi connectivity index (χ0v) is 10.4. The molecule has 0 atom stereocenters. The van der Waals surface area contributed by atoms with Gasteiger partial charge in [0, 0.05) is 5.56 Å². The number of nitrogens with two attached hydrogens (primary N) is 1. The molecular formula is C14H10FN5. The van der Waals surface area contributed by atoms with E-state index in [9.17, 15) is 4.39 Å². The second-order valence-electron chi connectivity index (χ2n) is 4.17. The molecule has 0 bridgehead atoms. The first-order chi connectivity index (χ1) is 9.70. The van der Waals surface area contributed by atoms with Crippen LogP contribution < -0.4 is 5.73 Å². The van der Waals surface area contributed by atoms with Gasteiger partial charge in [0.1, 0.15) is 18.0 Å². The molecule has 1 aromatic carbocycles. The molecule has 3 aromatic rings. The lowest BCUT2D eigenvalue weighted by molar-refractivity contribution is 0.628. The Bertz CT molecular complexity index is 831. The van der Waals surface area contributed by atoms with Crippen LogP contribution in [0.25, 0.3) is 22.6 Å². The van der Waals surface area contributed by atoms with Crippen LogP contribution in [0.1, 0.15) is 0 Å². The van der Waals surface area contributed by atoms with Crippen LogP contribution in [-0.4, -0.2) is 19.5 Å². The third kappa shape index (κ3) is 1.86. The Morgan fingerprint density at radius 2 is 2.20 bits per heavy atom. The summed E-state index contributed by atoms with van der Waals surface area (Å²) in [4.78, 5) is 12.4. The van der Waals surface area contributed by atoms with Crippen molar-refractivity contribution in [2.45, 2.75) is 6.54 Å². The van der Waals surface area contributed by atoms with E-state index in [-0.39, 0.29) is 18.2 Å². The van der Waals surface area contributed by atoms with Gasteiger partial charge in [0.2, 0.25) is 0 Å². The highest BCUT2D eigenvalue weighted by molar-refractivity contribution is 5.85. The van der Waals surface area contributed by atoms with E-state index in [1.807, 2.05) is 0 Å². The molecule has 0 aliphatic heterocycles. The molecule has 0 radical (unpaired) electrons. The van der Waals surface area contributed by atoms with Crippen LogP contribution in [0.4, 0.5) is 10.2 Å². The molecule has 2 N–H and O–H groups in total. The highest BCUT2D eigenvalue weighted by Crippen LogP contribution is 2.25. The van der Waals surface area contributed by atoms with Crippen molar-refractivity contribution in [2.24, 2.45) is 0 Å². The summed E-state index contributed by atoms with van der Waals surface area (Å²) in [5.41, 5.74) is 7.40. The first-order valence-corrected chi connectivity index (χ1v) is 5.87. The van der Waals surface area contributed by atoms with Crippen LogP contribution in [0.5, 0.6) is 0 Å². The third-order valence-electron chi connectivity index (χ3n) is 2.89. The van der Waals surface area contributed by atoms with Crippen molar-refractivity contribution >= 4 is 17.0 Å². The quantitative estimate of drug-likeness (QED) is 0.719. The number of halogens is 1. The molecule has 0 aliphatic rings. The summed E-state index contributed by atoms with van der Waals surface area (Å²) >= 11 is 0. The van der Waals surface area contributed by atoms with Gasteiger partial charge in [-0.25, -0.2) is 19.3 Å². The molecule has 98 valence electrons. The van der Waals surface area contributed by atoms with Gasteiger partial charge in [0.15, 0.2) is 17.0 Å². The summed E-state index contributed by atoms with van der Waals surface area (Å²) in [6.45, 7) is 0.263. The maximum atomic E-state index is 13.4. The van der Waals surface area contributed by atoms with Gasteiger partial charge in [0.25, 0.3) is 0 Å². The van der Waals surface area contributed by atoms with E-state index in [1.165, 1.54) is 18.5 Å². The lowest BCUT2D eigenvalue weighted by Gasteiger charge is -2.04. The summed E-state index contributed by atoms with van der Waals surface area (Å²) in [5.74, 6) is 2.97. The Labute approximate surface area is 114 Å². The highest BCUT2D eigenvalue weighted by Gasteiger charge is 2.15. The lowest BCUT2D eigenvalue weighted by atomic mass is 10.2. The molecular weight excluding hydrogens is 257 g/mol. The summed E-state index contributed by atoms with van der Waals surface area (Å²) in [5, 5.41) is 0. The van der Waals surface area contributed by atoms with Crippen molar-refractivity contribution in [1.29, 1.82) is 0 Å². The molecule has 5 nitrogen and oxygen atoms in total. The normalized spacial score (nSPS) is 10.6. The molecule has 6 heteroatoms. The number of imidazole rings is 1. The Kier molecular flexibility index (Phi) is 2.80. The van der Waals surface area contributed by atoms with Gasteiger partial charge in [-0.1, -0.05) is 18.1 Å². The number of hydrogen-bond acceptors (Lipinski definition) is 4. The maximum Gasteiger partial charge on any atom is 0.166 e. The molecule has 20 heavy (non-hydrogen) atoms. The average Bonchev–Trinajstić information content (AvgIpc) is 2.80. The van der Waals surface area contributed by atoms with E-state index in [1.54, 1.807) is 16.7 Å². The number of nitrogens with zero attached hydrogens (tertiary/aromatic N) is 4. The number of rotatable bonds is 2. The van der Waals surface area contributed by atoms with Crippen LogP contribution in [0.3, 0.4) is 0 Å². The standard InChI is InChI=1S/C14H10FN5/c1-2-6-20-13(9-4-3-5-10(15)7-9)19-11-12(16)17-8-18-14(11)20/h1,3-5,7-8H,6H2,(H2,16,17,18). The van der Waals surface area contributed by atoms with Gasteiger partial charge < -0.3 is 5.73 Å². The largest absolute Gasteiger partial charge is 0.382 e. The molecule has 2 aromatic heterocycles. The number of fused-ring (bicyclic) bond motifs is 1. The minimum absolute atomic E-state index is 0.263. The van der Waals surface area contributed by atoms with E-state index in [2.05, 4.69) is 20.9 Å². The van der Waals surface area contributed by atoms with Crippen molar-refractivity contribution < 1.29 is 4.39 Å². The molecule has 0 spiro atoms. The SMILES string of the molecule is C#CCn1c(-c2cccc(F)c2)nc2c(N)ncnc21. The Hall–Kier alpha value is -2.94. The van der Waals surface area contributed by atoms with Gasteiger partial charge in [-0.3, -0.25) is 4.57 Å². The first kappa shape index (κ1) is 12.1. The second-order valence-corrected chi connectivity index (χ2v) is 4.17. The van der Waals surface area contributed by atoms with Gasteiger partial charge >= 0.3 is 0 Å². The fourth-order valence-electron chi connectivity index (χ4n) is 2.04. The minimum Gasteiger partial charge on any atom is -0.382 e. The maximum absolute atomic E-state index is 13.4. The molecule has 0 amide bonds. The lowest BCUT2D eigenvalue weighted by Crippen LogP contribution is -2.00. The van der Waals surface area contributed by atoms with E-state index >= 15 is 0 Å². The number of anilines is 1. The van der Waals surface area contributed by atoms with E-state index in [0.29, 0.717) is 22.6 Å². The Morgan fingerprint density at radius 1 is 1.35 bits per heavy atom. The van der Waals surface area contributed by atoms with Gasteiger partial charge in [-0.2, -0.15) is 0 Å². The van der Waals surface area contributed by atoms with E-state index < -0.39 is 0 Å². The number of terminal acetylenes is 1. The number of hydrogen-bond donors (Lipinski definition) is 1.